The number of rotatable bonds is 24. The van der Waals surface area contributed by atoms with Crippen molar-refractivity contribution in [1.82, 2.24) is 0 Å². The molecular formula is C68H68N2O4S2. The Morgan fingerprint density at radius 3 is 1.16 bits per heavy atom. The molecule has 0 atom stereocenters. The second kappa shape index (κ2) is 30.7. The molecule has 5 aromatic carbocycles. The third kappa shape index (κ3) is 17.0. The van der Waals surface area contributed by atoms with Crippen LogP contribution in [0, 0.1) is 65.3 Å². The maximum Gasteiger partial charge on any atom is 0.188 e. The number of unbranched alkanes of at least 4 members (excludes halogenated alkanes) is 12. The summed E-state index contributed by atoms with van der Waals surface area (Å²) in [6.07, 6.45) is 17.4. The van der Waals surface area contributed by atoms with Crippen molar-refractivity contribution < 1.29 is 18.9 Å². The van der Waals surface area contributed by atoms with Crippen molar-refractivity contribution in [3.8, 4) is 76.4 Å². The zero-order valence-corrected chi connectivity index (χ0v) is 46.4. The fourth-order valence-electron chi connectivity index (χ4n) is 8.40. The van der Waals surface area contributed by atoms with Crippen LogP contribution >= 0.6 is 22.7 Å². The summed E-state index contributed by atoms with van der Waals surface area (Å²) in [5, 5.41) is 11.8. The molecule has 0 bridgehead atoms. The minimum Gasteiger partial charge on any atom is -0.492 e. The van der Waals surface area contributed by atoms with Crippen molar-refractivity contribution in [2.24, 2.45) is 0 Å². The van der Waals surface area contributed by atoms with E-state index in [9.17, 15) is 5.26 Å². The molecule has 8 heteroatoms. The summed E-state index contributed by atoms with van der Waals surface area (Å²) in [5.74, 6) is 30.0. The van der Waals surface area contributed by atoms with Crippen molar-refractivity contribution in [3.63, 3.8) is 0 Å². The molecule has 0 unspecified atom stereocenters. The van der Waals surface area contributed by atoms with E-state index in [2.05, 4.69) is 110 Å². The van der Waals surface area contributed by atoms with Crippen LogP contribution in [0.5, 0.6) is 23.0 Å². The number of nitrogens with zero attached hydrogens (tertiary/aromatic N) is 2. The van der Waals surface area contributed by atoms with Gasteiger partial charge in [0.05, 0.1) is 86.0 Å². The van der Waals surface area contributed by atoms with E-state index in [1.807, 2.05) is 54.6 Å². The van der Waals surface area contributed by atoms with E-state index in [0.29, 0.717) is 60.7 Å². The first-order chi connectivity index (χ1) is 37.4. The minimum atomic E-state index is 0.555. The maximum atomic E-state index is 9.50. The van der Waals surface area contributed by atoms with Gasteiger partial charge in [-0.05, 0) is 78.9 Å². The van der Waals surface area contributed by atoms with Gasteiger partial charge in [0.15, 0.2) is 5.69 Å². The van der Waals surface area contributed by atoms with Gasteiger partial charge in [-0.2, -0.15) is 5.26 Å². The van der Waals surface area contributed by atoms with Gasteiger partial charge in [0, 0.05) is 35.4 Å². The third-order valence-corrected chi connectivity index (χ3v) is 14.9. The SMILES string of the molecule is [C-]#[N+]c1cccc(C#Cc2cc(OCCCCCC)c(C#Cc3cc4ccc5cc(C#Cc6cc(OCCCCCC)c(C#Cc7cccc(C#N)c7)cc6OCCCCCC)sc5c4s3)cc2OCCCCCC)c1. The molecule has 0 N–H and O–H groups in total. The molecule has 0 saturated carbocycles. The van der Waals surface area contributed by atoms with Crippen LogP contribution in [-0.4, -0.2) is 26.4 Å². The number of hydrogen-bond acceptors (Lipinski definition) is 7. The van der Waals surface area contributed by atoms with Crippen LogP contribution in [0.15, 0.2) is 97.1 Å². The largest absolute Gasteiger partial charge is 0.492 e. The number of hydrogen-bond donors (Lipinski definition) is 0. The van der Waals surface area contributed by atoms with E-state index in [1.54, 1.807) is 40.9 Å². The second-order valence-corrected chi connectivity index (χ2v) is 20.9. The molecule has 0 radical (unpaired) electrons. The highest BCUT2D eigenvalue weighted by Gasteiger charge is 2.15. The lowest BCUT2D eigenvalue weighted by Crippen LogP contribution is -2.03. The monoisotopic (exact) mass is 1040 g/mol. The summed E-state index contributed by atoms with van der Waals surface area (Å²) < 4.78 is 28.3. The van der Waals surface area contributed by atoms with Gasteiger partial charge in [-0.25, -0.2) is 4.85 Å². The Bertz CT molecular complexity index is 3180. The predicted molar refractivity (Wildman–Crippen MR) is 316 cm³/mol. The summed E-state index contributed by atoms with van der Waals surface area (Å²) in [7, 11) is 0. The van der Waals surface area contributed by atoms with Crippen molar-refractivity contribution in [2.75, 3.05) is 26.4 Å². The predicted octanol–water partition coefficient (Wildman–Crippen LogP) is 18.0. The van der Waals surface area contributed by atoms with Gasteiger partial charge < -0.3 is 18.9 Å². The van der Waals surface area contributed by atoms with Crippen molar-refractivity contribution >= 4 is 48.5 Å². The smallest absolute Gasteiger partial charge is 0.188 e. The van der Waals surface area contributed by atoms with Crippen LogP contribution in [0.2, 0.25) is 0 Å². The molecule has 6 nitrogen and oxygen atoms in total. The van der Waals surface area contributed by atoms with Crippen LogP contribution in [0.4, 0.5) is 5.69 Å². The molecule has 0 aliphatic carbocycles. The minimum absolute atomic E-state index is 0.555. The molecule has 7 rings (SSSR count). The van der Waals surface area contributed by atoms with E-state index < -0.39 is 0 Å². The Hall–Kier alpha value is -7.56. The Labute approximate surface area is 460 Å². The lowest BCUT2D eigenvalue weighted by molar-refractivity contribution is 0.295. The van der Waals surface area contributed by atoms with Crippen molar-refractivity contribution in [2.45, 2.75) is 130 Å². The standard InChI is InChI=1S/C68H68N2O4S2/c1-6-10-14-18-38-71-63-48-56(65(73-40-20-16-12-8-3)46-54(63)30-28-51-24-22-26-53(42-51)50-69)34-36-61-44-58-32-33-59-45-62(76-68(59)67(58)75-61)37-35-57-49-64(72-39-19-15-11-7-2)55(47-66(57)74-41-21-17-13-9-4)31-29-52-25-23-27-60(43-52)70-5/h22-27,32-33,42-49H,6-21,38-41H2,1-4H3. The van der Waals surface area contributed by atoms with Crippen LogP contribution in [0.1, 0.15) is 179 Å². The normalized spacial score (nSPS) is 10.4. The van der Waals surface area contributed by atoms with Gasteiger partial charge in [0.1, 0.15) is 23.0 Å². The summed E-state index contributed by atoms with van der Waals surface area (Å²) in [6.45, 7) is 18.6. The third-order valence-electron chi connectivity index (χ3n) is 12.6. The number of fused-ring (bicyclic) bond motifs is 3. The molecule has 0 spiro atoms. The zero-order chi connectivity index (χ0) is 53.2. The Morgan fingerprint density at radius 1 is 0.408 bits per heavy atom. The van der Waals surface area contributed by atoms with Gasteiger partial charge in [-0.15, -0.1) is 22.7 Å². The van der Waals surface area contributed by atoms with Crippen molar-refractivity contribution in [3.05, 3.63) is 157 Å². The Morgan fingerprint density at radius 2 is 0.776 bits per heavy atom. The first-order valence-corrected chi connectivity index (χ1v) is 28.9. The Kier molecular flexibility index (Phi) is 22.7. The van der Waals surface area contributed by atoms with Crippen LogP contribution < -0.4 is 18.9 Å². The molecule has 0 saturated heterocycles. The second-order valence-electron chi connectivity index (χ2n) is 18.8. The fourth-order valence-corrected chi connectivity index (χ4v) is 10.6. The van der Waals surface area contributed by atoms with E-state index in [1.165, 1.54) is 9.40 Å². The molecule has 76 heavy (non-hydrogen) atoms. The number of thiophene rings is 2. The zero-order valence-electron chi connectivity index (χ0n) is 44.7. The first kappa shape index (κ1) is 56.2. The molecule has 2 heterocycles. The molecule has 0 amide bonds. The highest BCUT2D eigenvalue weighted by atomic mass is 32.1. The van der Waals surface area contributed by atoms with Crippen LogP contribution in [0.25, 0.3) is 25.0 Å². The molecule has 0 fully saturated rings. The van der Waals surface area contributed by atoms with Gasteiger partial charge in [-0.1, -0.05) is 182 Å². The fraction of sp³-hybridized carbons (Fsp3) is 0.353. The Balaban J connectivity index is 1.22. The van der Waals surface area contributed by atoms with E-state index in [-0.39, 0.29) is 0 Å². The van der Waals surface area contributed by atoms with Gasteiger partial charge >= 0.3 is 0 Å². The molecular weight excluding hydrogens is 973 g/mol. The molecule has 7 aromatic rings. The van der Waals surface area contributed by atoms with E-state index in [0.717, 1.165) is 157 Å². The number of nitriles is 1. The number of ether oxygens (including phenoxy) is 4. The quantitative estimate of drug-likeness (QED) is 0.0343. The van der Waals surface area contributed by atoms with E-state index in [4.69, 9.17) is 25.5 Å². The summed E-state index contributed by atoms with van der Waals surface area (Å²) in [6, 6.07) is 33.6. The molecule has 0 aliphatic heterocycles. The van der Waals surface area contributed by atoms with Crippen LogP contribution in [-0.2, 0) is 0 Å². The molecule has 2 aromatic heterocycles. The molecule has 386 valence electrons. The van der Waals surface area contributed by atoms with Gasteiger partial charge in [-0.3, -0.25) is 0 Å². The topological polar surface area (TPSA) is 65.1 Å². The summed E-state index contributed by atoms with van der Waals surface area (Å²) in [5.41, 5.74) is 5.64. The first-order valence-electron chi connectivity index (χ1n) is 27.3. The lowest BCUT2D eigenvalue weighted by Gasteiger charge is -2.14. The summed E-state index contributed by atoms with van der Waals surface area (Å²) >= 11 is 3.38. The van der Waals surface area contributed by atoms with Gasteiger partial charge in [0.25, 0.3) is 0 Å². The molecule has 0 aliphatic rings. The van der Waals surface area contributed by atoms with Crippen molar-refractivity contribution in [1.29, 1.82) is 5.26 Å². The van der Waals surface area contributed by atoms with E-state index >= 15 is 0 Å². The lowest BCUT2D eigenvalue weighted by atomic mass is 10.1. The van der Waals surface area contributed by atoms with Crippen LogP contribution in [0.3, 0.4) is 0 Å². The average molecular weight is 1040 g/mol. The highest BCUT2D eigenvalue weighted by molar-refractivity contribution is 7.27. The maximum absolute atomic E-state index is 9.50. The van der Waals surface area contributed by atoms with Gasteiger partial charge in [0.2, 0.25) is 0 Å². The number of benzene rings is 5. The highest BCUT2D eigenvalue weighted by Crippen LogP contribution is 2.38. The summed E-state index contributed by atoms with van der Waals surface area (Å²) in [4.78, 5) is 5.49. The average Bonchev–Trinajstić information content (AvgIpc) is 4.08.